The normalized spacial score (nSPS) is 12.2. The molecule has 2 rings (SSSR count). The summed E-state index contributed by atoms with van der Waals surface area (Å²) < 4.78 is 18.3. The minimum atomic E-state index is -1.18. The van der Waals surface area contributed by atoms with E-state index in [4.69, 9.17) is 4.74 Å². The van der Waals surface area contributed by atoms with Crippen LogP contribution in [-0.2, 0) is 9.59 Å². The van der Waals surface area contributed by atoms with Gasteiger partial charge in [-0.15, -0.1) is 0 Å². The Balaban J connectivity index is 2.30. The van der Waals surface area contributed by atoms with E-state index in [0.717, 1.165) is 0 Å². The Morgan fingerprint density at radius 1 is 1.06 bits per heavy atom. The third-order valence-electron chi connectivity index (χ3n) is 4.34. The van der Waals surface area contributed by atoms with Gasteiger partial charge in [0, 0.05) is 5.56 Å². The van der Waals surface area contributed by atoms with Gasteiger partial charge in [0.1, 0.15) is 23.3 Å². The van der Waals surface area contributed by atoms with Crippen LogP contribution in [0.2, 0.25) is 0 Å². The summed E-state index contributed by atoms with van der Waals surface area (Å²) in [6.07, 6.45) is 1.57. The molecule has 0 heterocycles. The number of carboxylic acids is 1. The molecular weight excluding hydrogens is 403 g/mol. The smallest absolute Gasteiger partial charge is 0.326 e. The second-order valence-electron chi connectivity index (χ2n) is 7.29. The molecule has 0 radical (unpaired) electrons. The van der Waals surface area contributed by atoms with Crippen LogP contribution in [-0.4, -0.2) is 36.0 Å². The molecule has 7 nitrogen and oxygen atoms in total. The number of nitrogens with one attached hydrogen (secondary N) is 2. The van der Waals surface area contributed by atoms with Crippen molar-refractivity contribution in [1.82, 2.24) is 10.6 Å². The average molecular weight is 428 g/mol. The van der Waals surface area contributed by atoms with Crippen LogP contribution in [0.4, 0.5) is 4.39 Å². The Labute approximate surface area is 179 Å². The van der Waals surface area contributed by atoms with Gasteiger partial charge in [-0.3, -0.25) is 9.59 Å². The summed E-state index contributed by atoms with van der Waals surface area (Å²) in [7, 11) is 1.50. The third kappa shape index (κ3) is 7.26. The number of rotatable bonds is 9. The van der Waals surface area contributed by atoms with Gasteiger partial charge in [-0.2, -0.15) is 0 Å². The molecule has 31 heavy (non-hydrogen) atoms. The fourth-order valence-corrected chi connectivity index (χ4v) is 2.75. The van der Waals surface area contributed by atoms with Crippen molar-refractivity contribution in [2.24, 2.45) is 5.92 Å². The monoisotopic (exact) mass is 428 g/mol. The van der Waals surface area contributed by atoms with Crippen molar-refractivity contribution >= 4 is 23.9 Å². The molecule has 2 aromatic carbocycles. The zero-order valence-electron chi connectivity index (χ0n) is 17.5. The molecule has 0 aliphatic rings. The molecule has 3 N–H and O–H groups in total. The first-order valence-electron chi connectivity index (χ1n) is 9.66. The number of hydrogen-bond donors (Lipinski definition) is 3. The standard InChI is InChI=1S/C23H25FN2O5/c1-14(2)12-20(23(29)30)26-22(28)19(13-15-4-8-17(24)9-5-15)25-21(27)16-6-10-18(31-3)11-7-16/h4-11,13-14,20H,12H2,1-3H3,(H,25,27)(H,26,28)(H,29,30)/b19-13+. The lowest BCUT2D eigenvalue weighted by Crippen LogP contribution is -2.45. The molecule has 0 aliphatic heterocycles. The van der Waals surface area contributed by atoms with Gasteiger partial charge in [-0.1, -0.05) is 26.0 Å². The number of carbonyl (C=O) groups is 3. The summed E-state index contributed by atoms with van der Waals surface area (Å²) in [6, 6.07) is 10.4. The number of amides is 2. The van der Waals surface area contributed by atoms with Crippen LogP contribution in [0.3, 0.4) is 0 Å². The van der Waals surface area contributed by atoms with Crippen LogP contribution >= 0.6 is 0 Å². The Hall–Kier alpha value is -3.68. The molecule has 8 heteroatoms. The SMILES string of the molecule is COc1ccc(C(=O)N/C(=C/c2ccc(F)cc2)C(=O)NC(CC(C)C)C(=O)O)cc1. The lowest BCUT2D eigenvalue weighted by Gasteiger charge is -2.18. The van der Waals surface area contributed by atoms with Gasteiger partial charge in [0.15, 0.2) is 0 Å². The minimum absolute atomic E-state index is 0.0276. The molecule has 0 saturated carbocycles. The summed E-state index contributed by atoms with van der Waals surface area (Å²) in [6.45, 7) is 3.67. The Bertz CT molecular complexity index is 953. The maximum atomic E-state index is 13.2. The third-order valence-corrected chi connectivity index (χ3v) is 4.34. The summed E-state index contributed by atoms with van der Waals surface area (Å²) in [5, 5.41) is 14.4. The highest BCUT2D eigenvalue weighted by molar-refractivity contribution is 6.06. The maximum absolute atomic E-state index is 13.2. The summed E-state index contributed by atoms with van der Waals surface area (Å²) >= 11 is 0. The lowest BCUT2D eigenvalue weighted by molar-refractivity contribution is -0.141. The molecule has 2 aromatic rings. The van der Waals surface area contributed by atoms with E-state index in [-0.39, 0.29) is 23.6 Å². The fourth-order valence-electron chi connectivity index (χ4n) is 2.75. The first-order valence-corrected chi connectivity index (χ1v) is 9.66. The van der Waals surface area contributed by atoms with E-state index in [1.54, 1.807) is 12.1 Å². The lowest BCUT2D eigenvalue weighted by atomic mass is 10.0. The Morgan fingerprint density at radius 2 is 1.68 bits per heavy atom. The van der Waals surface area contributed by atoms with Crippen LogP contribution in [0, 0.1) is 11.7 Å². The molecule has 1 atom stereocenters. The predicted octanol–water partition coefficient (Wildman–Crippen LogP) is 3.22. The van der Waals surface area contributed by atoms with Crippen molar-refractivity contribution in [1.29, 1.82) is 0 Å². The first-order chi connectivity index (χ1) is 14.7. The van der Waals surface area contributed by atoms with E-state index < -0.39 is 29.6 Å². The molecular formula is C23H25FN2O5. The van der Waals surface area contributed by atoms with E-state index in [1.807, 2.05) is 13.8 Å². The first kappa shape index (κ1) is 23.6. The van der Waals surface area contributed by atoms with Gasteiger partial charge in [0.05, 0.1) is 7.11 Å². The largest absolute Gasteiger partial charge is 0.497 e. The predicted molar refractivity (Wildman–Crippen MR) is 114 cm³/mol. The summed E-state index contributed by atoms with van der Waals surface area (Å²) in [5.41, 5.74) is 0.565. The van der Waals surface area contributed by atoms with Crippen molar-refractivity contribution in [3.05, 3.63) is 71.2 Å². The van der Waals surface area contributed by atoms with E-state index >= 15 is 0 Å². The van der Waals surface area contributed by atoms with E-state index in [0.29, 0.717) is 11.3 Å². The zero-order valence-corrected chi connectivity index (χ0v) is 17.5. The topological polar surface area (TPSA) is 105 Å². The van der Waals surface area contributed by atoms with Gasteiger partial charge >= 0.3 is 5.97 Å². The second-order valence-corrected chi connectivity index (χ2v) is 7.29. The van der Waals surface area contributed by atoms with Crippen molar-refractivity contribution in [2.45, 2.75) is 26.3 Å². The molecule has 0 aliphatic carbocycles. The van der Waals surface area contributed by atoms with Gasteiger partial charge in [-0.25, -0.2) is 9.18 Å². The van der Waals surface area contributed by atoms with Crippen LogP contribution in [0.5, 0.6) is 5.75 Å². The molecule has 0 bridgehead atoms. The van der Waals surface area contributed by atoms with Gasteiger partial charge in [0.2, 0.25) is 0 Å². The van der Waals surface area contributed by atoms with Crippen LogP contribution < -0.4 is 15.4 Å². The number of carbonyl (C=O) groups excluding carboxylic acids is 2. The second kappa shape index (κ2) is 10.9. The Kier molecular flexibility index (Phi) is 8.31. The van der Waals surface area contributed by atoms with Crippen molar-refractivity contribution in [3.8, 4) is 5.75 Å². The number of benzene rings is 2. The number of hydrogen-bond acceptors (Lipinski definition) is 4. The van der Waals surface area contributed by atoms with Gasteiger partial charge in [0.25, 0.3) is 11.8 Å². The highest BCUT2D eigenvalue weighted by atomic mass is 19.1. The highest BCUT2D eigenvalue weighted by Gasteiger charge is 2.24. The molecule has 0 fully saturated rings. The van der Waals surface area contributed by atoms with Crippen LogP contribution in [0.1, 0.15) is 36.2 Å². The van der Waals surface area contributed by atoms with Crippen molar-refractivity contribution in [3.63, 3.8) is 0 Å². The van der Waals surface area contributed by atoms with Crippen molar-refractivity contribution in [2.75, 3.05) is 7.11 Å². The minimum Gasteiger partial charge on any atom is -0.497 e. The average Bonchev–Trinajstić information content (AvgIpc) is 2.73. The highest BCUT2D eigenvalue weighted by Crippen LogP contribution is 2.13. The zero-order chi connectivity index (χ0) is 23.0. The summed E-state index contributed by atoms with van der Waals surface area (Å²) in [4.78, 5) is 37.0. The molecule has 164 valence electrons. The molecule has 0 spiro atoms. The molecule has 2 amide bonds. The van der Waals surface area contributed by atoms with Gasteiger partial charge < -0.3 is 20.5 Å². The van der Waals surface area contributed by atoms with Crippen molar-refractivity contribution < 1.29 is 28.6 Å². The number of methoxy groups -OCH3 is 1. The fraction of sp³-hybridized carbons (Fsp3) is 0.261. The van der Waals surface area contributed by atoms with Crippen LogP contribution in [0.25, 0.3) is 6.08 Å². The summed E-state index contributed by atoms with van der Waals surface area (Å²) in [5.74, 6) is -2.37. The number of carboxylic acid groups (broad SMARTS) is 1. The van der Waals surface area contributed by atoms with E-state index in [2.05, 4.69) is 10.6 Å². The Morgan fingerprint density at radius 3 is 2.19 bits per heavy atom. The maximum Gasteiger partial charge on any atom is 0.326 e. The number of aliphatic carboxylic acids is 1. The quantitative estimate of drug-likeness (QED) is 0.532. The number of ether oxygens (including phenoxy) is 1. The molecule has 0 saturated heterocycles. The van der Waals surface area contributed by atoms with Crippen LogP contribution in [0.15, 0.2) is 54.2 Å². The molecule has 1 unspecified atom stereocenters. The van der Waals surface area contributed by atoms with E-state index in [9.17, 15) is 23.9 Å². The molecule has 0 aromatic heterocycles. The number of halogens is 1. The van der Waals surface area contributed by atoms with Gasteiger partial charge in [-0.05, 0) is 60.4 Å². The van der Waals surface area contributed by atoms with E-state index in [1.165, 1.54) is 49.6 Å².